The first-order valence-electron chi connectivity index (χ1n) is 13.5. The van der Waals surface area contributed by atoms with Gasteiger partial charge in [-0.25, -0.2) is 0 Å². The van der Waals surface area contributed by atoms with Crippen molar-refractivity contribution in [1.29, 1.82) is 0 Å². The van der Waals surface area contributed by atoms with Gasteiger partial charge >= 0.3 is 0 Å². The number of ether oxygens (including phenoxy) is 2. The Hall–Kier alpha value is -4.04. The van der Waals surface area contributed by atoms with E-state index in [1.165, 1.54) is 15.3 Å². The van der Waals surface area contributed by atoms with Crippen LogP contribution in [0.3, 0.4) is 0 Å². The molecule has 1 atom stereocenters. The second-order valence-corrected chi connectivity index (χ2v) is 11.2. The van der Waals surface area contributed by atoms with Crippen LogP contribution in [0.2, 0.25) is 0 Å². The van der Waals surface area contributed by atoms with E-state index < -0.39 is 0 Å². The molecule has 0 radical (unpaired) electrons. The Balaban J connectivity index is 1.36. The number of hydrogen-bond donors (Lipinski definition) is 0. The third-order valence-corrected chi connectivity index (χ3v) is 8.22. The standard InChI is InChI=1S/C32H34N2O5S/c1-22(2)23-9-11-25(12-10-23)39-21-29-28-14-17-40-30(28)13-15-34(29)31(35)20-33(19-27-8-5-16-38-27)32(36)24-6-4-7-26(18-24)37-3/h4-12,14,16-18,22,29H,13,15,19-21H2,1-3H3/t29-/m1/s1. The second-order valence-electron chi connectivity index (χ2n) is 10.2. The largest absolute Gasteiger partial charge is 0.497 e. The number of methoxy groups -OCH3 is 1. The lowest BCUT2D eigenvalue weighted by Crippen LogP contribution is -2.47. The number of nitrogens with zero attached hydrogens (tertiary/aromatic N) is 2. The number of fused-ring (bicyclic) bond motifs is 1. The predicted molar refractivity (Wildman–Crippen MR) is 155 cm³/mol. The lowest BCUT2D eigenvalue weighted by molar-refractivity contribution is -0.135. The summed E-state index contributed by atoms with van der Waals surface area (Å²) in [5, 5.41) is 2.07. The first-order chi connectivity index (χ1) is 19.4. The summed E-state index contributed by atoms with van der Waals surface area (Å²) in [6.07, 6.45) is 2.34. The zero-order valence-corrected chi connectivity index (χ0v) is 23.9. The van der Waals surface area contributed by atoms with E-state index in [0.29, 0.717) is 36.1 Å². The molecule has 8 heteroatoms. The summed E-state index contributed by atoms with van der Waals surface area (Å²) >= 11 is 1.71. The minimum atomic E-state index is -0.269. The lowest BCUT2D eigenvalue weighted by atomic mass is 10.00. The molecule has 0 bridgehead atoms. The minimum Gasteiger partial charge on any atom is -0.497 e. The number of amides is 2. The quantitative estimate of drug-likeness (QED) is 0.228. The molecule has 1 aliphatic rings. The highest BCUT2D eigenvalue weighted by Crippen LogP contribution is 2.34. The predicted octanol–water partition coefficient (Wildman–Crippen LogP) is 6.32. The van der Waals surface area contributed by atoms with Crippen molar-refractivity contribution in [2.24, 2.45) is 0 Å². The van der Waals surface area contributed by atoms with Gasteiger partial charge in [-0.2, -0.15) is 0 Å². The molecule has 5 rings (SSSR count). The highest BCUT2D eigenvalue weighted by atomic mass is 32.1. The molecule has 0 unspecified atom stereocenters. The molecule has 0 saturated carbocycles. The molecule has 0 spiro atoms. The van der Waals surface area contributed by atoms with Crippen molar-refractivity contribution in [2.75, 3.05) is 26.8 Å². The van der Waals surface area contributed by atoms with Crippen LogP contribution in [0.25, 0.3) is 0 Å². The number of thiophene rings is 1. The first-order valence-corrected chi connectivity index (χ1v) is 14.3. The average molecular weight is 559 g/mol. The van der Waals surface area contributed by atoms with Gasteiger partial charge < -0.3 is 23.7 Å². The molecule has 2 amide bonds. The number of benzene rings is 2. The Bertz CT molecular complexity index is 1430. The van der Waals surface area contributed by atoms with Gasteiger partial charge in [0.1, 0.15) is 30.4 Å². The fourth-order valence-electron chi connectivity index (χ4n) is 4.98. The van der Waals surface area contributed by atoms with E-state index in [2.05, 4.69) is 37.4 Å². The van der Waals surface area contributed by atoms with Gasteiger partial charge in [-0.1, -0.05) is 32.0 Å². The Morgan fingerprint density at radius 3 is 2.62 bits per heavy atom. The van der Waals surface area contributed by atoms with Crippen LogP contribution in [0.4, 0.5) is 0 Å². The maximum absolute atomic E-state index is 13.9. The van der Waals surface area contributed by atoms with Gasteiger partial charge in [0.15, 0.2) is 0 Å². The number of rotatable bonds is 10. The molecule has 0 N–H and O–H groups in total. The molecule has 0 saturated heterocycles. The van der Waals surface area contributed by atoms with Crippen molar-refractivity contribution in [1.82, 2.24) is 9.80 Å². The number of carbonyl (C=O) groups excluding carboxylic acids is 2. The maximum Gasteiger partial charge on any atom is 0.254 e. The zero-order valence-electron chi connectivity index (χ0n) is 23.0. The summed E-state index contributed by atoms with van der Waals surface area (Å²) in [7, 11) is 1.56. The Kier molecular flexibility index (Phi) is 8.55. The molecule has 4 aromatic rings. The summed E-state index contributed by atoms with van der Waals surface area (Å²) in [5.74, 6) is 1.99. The van der Waals surface area contributed by atoms with Crippen LogP contribution in [0, 0.1) is 0 Å². The van der Waals surface area contributed by atoms with E-state index in [0.717, 1.165) is 17.7 Å². The van der Waals surface area contributed by atoms with E-state index >= 15 is 0 Å². The highest BCUT2D eigenvalue weighted by molar-refractivity contribution is 7.10. The van der Waals surface area contributed by atoms with Crippen molar-refractivity contribution in [3.63, 3.8) is 0 Å². The molecular weight excluding hydrogens is 524 g/mol. The first kappa shape index (κ1) is 27.5. The van der Waals surface area contributed by atoms with Crippen molar-refractivity contribution in [3.8, 4) is 11.5 Å². The number of furan rings is 1. The Morgan fingerprint density at radius 1 is 1.07 bits per heavy atom. The van der Waals surface area contributed by atoms with Crippen molar-refractivity contribution >= 4 is 23.2 Å². The smallest absolute Gasteiger partial charge is 0.254 e. The van der Waals surface area contributed by atoms with Gasteiger partial charge in [0.2, 0.25) is 5.91 Å². The Labute approximate surface area is 238 Å². The second kappa shape index (κ2) is 12.4. The van der Waals surface area contributed by atoms with Crippen LogP contribution in [-0.4, -0.2) is 48.4 Å². The van der Waals surface area contributed by atoms with Crippen LogP contribution in [0.5, 0.6) is 11.5 Å². The highest BCUT2D eigenvalue weighted by Gasteiger charge is 2.34. The third kappa shape index (κ3) is 6.23. The molecule has 0 aliphatic carbocycles. The molecule has 7 nitrogen and oxygen atoms in total. The molecule has 208 valence electrons. The monoisotopic (exact) mass is 558 g/mol. The van der Waals surface area contributed by atoms with Gasteiger partial charge in [-0.15, -0.1) is 11.3 Å². The fraction of sp³-hybridized carbons (Fsp3) is 0.312. The van der Waals surface area contributed by atoms with E-state index in [4.69, 9.17) is 13.9 Å². The molecule has 1 aliphatic heterocycles. The van der Waals surface area contributed by atoms with Crippen molar-refractivity contribution < 1.29 is 23.5 Å². The van der Waals surface area contributed by atoms with Gasteiger partial charge in [0.05, 0.1) is 26.0 Å². The van der Waals surface area contributed by atoms with Crippen LogP contribution >= 0.6 is 11.3 Å². The van der Waals surface area contributed by atoms with E-state index in [1.54, 1.807) is 61.1 Å². The van der Waals surface area contributed by atoms with Crippen molar-refractivity contribution in [3.05, 3.63) is 106 Å². The molecular formula is C32H34N2O5S. The van der Waals surface area contributed by atoms with Gasteiger partial charge in [0.25, 0.3) is 5.91 Å². The summed E-state index contributed by atoms with van der Waals surface area (Å²) < 4.78 is 17.1. The Morgan fingerprint density at radius 2 is 1.90 bits per heavy atom. The third-order valence-electron chi connectivity index (χ3n) is 7.23. The van der Waals surface area contributed by atoms with Crippen LogP contribution in [0.1, 0.15) is 57.9 Å². The van der Waals surface area contributed by atoms with Gasteiger partial charge in [-0.3, -0.25) is 9.59 Å². The van der Waals surface area contributed by atoms with Crippen molar-refractivity contribution in [2.45, 2.75) is 38.8 Å². The van der Waals surface area contributed by atoms with Crippen LogP contribution in [-0.2, 0) is 17.8 Å². The molecule has 2 aromatic heterocycles. The number of hydrogen-bond acceptors (Lipinski definition) is 6. The topological polar surface area (TPSA) is 72.2 Å². The summed E-state index contributed by atoms with van der Waals surface area (Å²) in [4.78, 5) is 32.2. The average Bonchev–Trinajstić information content (AvgIpc) is 3.67. The molecule has 40 heavy (non-hydrogen) atoms. The van der Waals surface area contributed by atoms with E-state index in [1.807, 2.05) is 17.0 Å². The van der Waals surface area contributed by atoms with E-state index in [9.17, 15) is 9.59 Å². The van der Waals surface area contributed by atoms with Crippen LogP contribution < -0.4 is 9.47 Å². The summed E-state index contributed by atoms with van der Waals surface area (Å²) in [6, 6.07) is 20.5. The lowest BCUT2D eigenvalue weighted by Gasteiger charge is -2.37. The normalized spacial score (nSPS) is 14.6. The van der Waals surface area contributed by atoms with Gasteiger partial charge in [0, 0.05) is 17.0 Å². The summed E-state index contributed by atoms with van der Waals surface area (Å²) in [5.41, 5.74) is 2.81. The molecule has 2 aromatic carbocycles. The van der Waals surface area contributed by atoms with Crippen LogP contribution in [0.15, 0.2) is 82.8 Å². The molecule has 0 fully saturated rings. The number of carbonyl (C=O) groups is 2. The summed E-state index contributed by atoms with van der Waals surface area (Å²) in [6.45, 7) is 5.31. The maximum atomic E-state index is 13.9. The SMILES string of the molecule is COc1cccc(C(=O)N(CC(=O)N2CCc3sccc3[C@H]2COc2ccc(C(C)C)cc2)Cc2ccco2)c1. The minimum absolute atomic E-state index is 0.0875. The van der Waals surface area contributed by atoms with E-state index in [-0.39, 0.29) is 30.9 Å². The fourth-order valence-corrected chi connectivity index (χ4v) is 5.91. The van der Waals surface area contributed by atoms with Gasteiger partial charge in [-0.05, 0) is 77.4 Å². The zero-order chi connectivity index (χ0) is 28.1. The molecule has 3 heterocycles.